The van der Waals surface area contributed by atoms with Crippen LogP contribution in [-0.2, 0) is 4.74 Å². The fourth-order valence-corrected chi connectivity index (χ4v) is 3.44. The van der Waals surface area contributed by atoms with Gasteiger partial charge in [-0.2, -0.15) is 0 Å². The second kappa shape index (κ2) is 9.15. The summed E-state index contributed by atoms with van der Waals surface area (Å²) in [4.78, 5) is 30.0. The summed E-state index contributed by atoms with van der Waals surface area (Å²) >= 11 is 0. The molecule has 140 valence electrons. The Morgan fingerprint density at radius 3 is 2.76 bits per heavy atom. The number of nitrogens with zero attached hydrogens (tertiary/aromatic N) is 1. The van der Waals surface area contributed by atoms with E-state index in [9.17, 15) is 9.59 Å². The van der Waals surface area contributed by atoms with Crippen LogP contribution in [0.25, 0.3) is 0 Å². The predicted octanol–water partition coefficient (Wildman–Crippen LogP) is 1.97. The highest BCUT2D eigenvalue weighted by atomic mass is 16.5. The molecule has 0 aliphatic carbocycles. The van der Waals surface area contributed by atoms with Crippen LogP contribution in [0, 0.1) is 5.92 Å². The Morgan fingerprint density at radius 1 is 1.40 bits per heavy atom. The number of rotatable bonds is 8. The number of hydrogen-bond donors (Lipinski definition) is 2. The van der Waals surface area contributed by atoms with Crippen LogP contribution in [0.2, 0.25) is 0 Å². The zero-order valence-corrected chi connectivity index (χ0v) is 15.8. The first-order chi connectivity index (χ1) is 12.0. The number of aromatic nitrogens is 1. The molecular formula is C19H31N3O3. The Hall–Kier alpha value is -1.66. The average molecular weight is 349 g/mol. The van der Waals surface area contributed by atoms with Gasteiger partial charge in [-0.1, -0.05) is 27.2 Å². The van der Waals surface area contributed by atoms with Gasteiger partial charge in [0.15, 0.2) is 0 Å². The van der Waals surface area contributed by atoms with Crippen molar-refractivity contribution in [3.05, 3.63) is 33.7 Å². The molecule has 6 heteroatoms. The molecule has 1 fully saturated rings. The number of carbonyl (C=O) groups is 1. The lowest BCUT2D eigenvalue weighted by Crippen LogP contribution is -2.42. The van der Waals surface area contributed by atoms with Crippen LogP contribution in [0.3, 0.4) is 0 Å². The van der Waals surface area contributed by atoms with Crippen molar-refractivity contribution in [2.45, 2.75) is 45.6 Å². The summed E-state index contributed by atoms with van der Waals surface area (Å²) in [6.45, 7) is 9.50. The van der Waals surface area contributed by atoms with E-state index in [-0.39, 0.29) is 29.0 Å². The van der Waals surface area contributed by atoms with Gasteiger partial charge >= 0.3 is 0 Å². The Kier molecular flexibility index (Phi) is 7.20. The van der Waals surface area contributed by atoms with Crippen LogP contribution >= 0.6 is 0 Å². The van der Waals surface area contributed by atoms with E-state index < -0.39 is 0 Å². The van der Waals surface area contributed by atoms with Crippen LogP contribution in [-0.4, -0.2) is 55.2 Å². The van der Waals surface area contributed by atoms with Crippen LogP contribution < -0.4 is 10.9 Å². The molecule has 0 radical (unpaired) electrons. The third-order valence-corrected chi connectivity index (χ3v) is 4.90. The number of pyridine rings is 1. The maximum Gasteiger partial charge on any atom is 0.261 e. The van der Waals surface area contributed by atoms with E-state index in [0.29, 0.717) is 12.5 Å². The summed E-state index contributed by atoms with van der Waals surface area (Å²) in [7, 11) is 1.70. The zero-order valence-electron chi connectivity index (χ0n) is 15.8. The van der Waals surface area contributed by atoms with Gasteiger partial charge in [0.1, 0.15) is 5.56 Å². The third-order valence-electron chi connectivity index (χ3n) is 4.90. The molecule has 0 unspecified atom stereocenters. The summed E-state index contributed by atoms with van der Waals surface area (Å²) < 4.78 is 5.16. The summed E-state index contributed by atoms with van der Waals surface area (Å²) in [6, 6.07) is 3.54. The smallest absolute Gasteiger partial charge is 0.261 e. The number of methoxy groups -OCH3 is 1. The van der Waals surface area contributed by atoms with E-state index in [4.69, 9.17) is 4.74 Å². The molecule has 1 aliphatic rings. The molecule has 2 atom stereocenters. The fourth-order valence-electron chi connectivity index (χ4n) is 3.44. The standard InChI is InChI=1S/C19H31N3O3/c1-5-6-14-11-22(9-10-25-4)12-17(14)21-19(24)15-7-8-16(13(2)3)20-18(15)23/h7-8,13-14,17H,5-6,9-12H2,1-4H3,(H,20,23)(H,21,24)/t14-,17-/m0/s1. The fraction of sp³-hybridized carbons (Fsp3) is 0.684. The number of hydrogen-bond acceptors (Lipinski definition) is 4. The molecule has 0 saturated carbocycles. The van der Waals surface area contributed by atoms with Crippen LogP contribution in [0.15, 0.2) is 16.9 Å². The minimum Gasteiger partial charge on any atom is -0.383 e. The quantitative estimate of drug-likeness (QED) is 0.752. The summed E-state index contributed by atoms with van der Waals surface area (Å²) in [5.74, 6) is 0.360. The topological polar surface area (TPSA) is 74.4 Å². The number of likely N-dealkylation sites (tertiary alicyclic amines) is 1. The molecular weight excluding hydrogens is 318 g/mol. The molecule has 2 heterocycles. The Morgan fingerprint density at radius 2 is 2.16 bits per heavy atom. The van der Waals surface area contributed by atoms with E-state index >= 15 is 0 Å². The van der Waals surface area contributed by atoms with Crippen molar-refractivity contribution in [1.29, 1.82) is 0 Å². The molecule has 25 heavy (non-hydrogen) atoms. The van der Waals surface area contributed by atoms with Crippen LogP contribution in [0.1, 0.15) is 55.6 Å². The van der Waals surface area contributed by atoms with Gasteiger partial charge in [0.25, 0.3) is 11.5 Å². The average Bonchev–Trinajstić information content (AvgIpc) is 2.94. The molecule has 6 nitrogen and oxygen atoms in total. The van der Waals surface area contributed by atoms with Crippen molar-refractivity contribution in [2.24, 2.45) is 5.92 Å². The molecule has 1 aromatic heterocycles. The highest BCUT2D eigenvalue weighted by Gasteiger charge is 2.33. The Labute approximate surface area is 150 Å². The summed E-state index contributed by atoms with van der Waals surface area (Å²) in [6.07, 6.45) is 2.15. The van der Waals surface area contributed by atoms with Crippen LogP contribution in [0.5, 0.6) is 0 Å². The first kappa shape index (κ1) is 19.7. The van der Waals surface area contributed by atoms with E-state index in [2.05, 4.69) is 22.1 Å². The van der Waals surface area contributed by atoms with Crippen molar-refractivity contribution in [3.8, 4) is 0 Å². The van der Waals surface area contributed by atoms with Crippen molar-refractivity contribution in [1.82, 2.24) is 15.2 Å². The summed E-state index contributed by atoms with van der Waals surface area (Å²) in [5, 5.41) is 3.08. The SMILES string of the molecule is CCC[C@H]1CN(CCOC)C[C@@H]1NC(=O)c1ccc(C(C)C)[nH]c1=O. The van der Waals surface area contributed by atoms with Crippen LogP contribution in [0.4, 0.5) is 0 Å². The lowest BCUT2D eigenvalue weighted by Gasteiger charge is -2.19. The Balaban J connectivity index is 2.06. The normalized spacial score (nSPS) is 21.0. The maximum atomic E-state index is 12.6. The predicted molar refractivity (Wildman–Crippen MR) is 99.1 cm³/mol. The van der Waals surface area contributed by atoms with Crippen molar-refractivity contribution >= 4 is 5.91 Å². The van der Waals surface area contributed by atoms with Crippen molar-refractivity contribution < 1.29 is 9.53 Å². The first-order valence-electron chi connectivity index (χ1n) is 9.21. The van der Waals surface area contributed by atoms with Gasteiger partial charge in [-0.05, 0) is 30.4 Å². The third kappa shape index (κ3) is 5.16. The minimum absolute atomic E-state index is 0.0773. The van der Waals surface area contributed by atoms with Gasteiger partial charge in [0.2, 0.25) is 0 Å². The number of ether oxygens (including phenoxy) is 1. The molecule has 2 N–H and O–H groups in total. The minimum atomic E-state index is -0.315. The molecule has 0 aromatic carbocycles. The van der Waals surface area contributed by atoms with Gasteiger partial charge in [0, 0.05) is 38.5 Å². The number of carbonyl (C=O) groups excluding carboxylic acids is 1. The van der Waals surface area contributed by atoms with E-state index in [1.807, 2.05) is 19.9 Å². The maximum absolute atomic E-state index is 12.6. The number of H-pyrrole nitrogens is 1. The first-order valence-corrected chi connectivity index (χ1v) is 9.21. The number of nitrogens with one attached hydrogen (secondary N) is 2. The molecule has 0 spiro atoms. The molecule has 1 aromatic rings. The molecule has 1 saturated heterocycles. The second-order valence-corrected chi connectivity index (χ2v) is 7.19. The van der Waals surface area contributed by atoms with Gasteiger partial charge in [0.05, 0.1) is 6.61 Å². The van der Waals surface area contributed by atoms with E-state index in [0.717, 1.165) is 38.2 Å². The molecule has 1 aliphatic heterocycles. The Bertz CT molecular complexity index is 627. The van der Waals surface area contributed by atoms with Gasteiger partial charge < -0.3 is 15.0 Å². The monoisotopic (exact) mass is 349 g/mol. The molecule has 2 rings (SSSR count). The lowest BCUT2D eigenvalue weighted by molar-refractivity contribution is 0.0927. The van der Waals surface area contributed by atoms with Gasteiger partial charge in [-0.3, -0.25) is 14.5 Å². The lowest BCUT2D eigenvalue weighted by atomic mass is 9.98. The van der Waals surface area contributed by atoms with Gasteiger partial charge in [-0.25, -0.2) is 0 Å². The molecule has 0 bridgehead atoms. The highest BCUT2D eigenvalue weighted by molar-refractivity contribution is 5.94. The largest absolute Gasteiger partial charge is 0.383 e. The van der Waals surface area contributed by atoms with Crippen molar-refractivity contribution in [3.63, 3.8) is 0 Å². The van der Waals surface area contributed by atoms with E-state index in [1.54, 1.807) is 13.2 Å². The van der Waals surface area contributed by atoms with E-state index in [1.165, 1.54) is 0 Å². The number of amides is 1. The van der Waals surface area contributed by atoms with Gasteiger partial charge in [-0.15, -0.1) is 0 Å². The van der Waals surface area contributed by atoms with Crippen molar-refractivity contribution in [2.75, 3.05) is 33.4 Å². The summed E-state index contributed by atoms with van der Waals surface area (Å²) in [5.41, 5.74) is 0.719. The number of aromatic amines is 1. The highest BCUT2D eigenvalue weighted by Crippen LogP contribution is 2.22. The molecule has 1 amide bonds. The zero-order chi connectivity index (χ0) is 18.4. The second-order valence-electron chi connectivity index (χ2n) is 7.19.